The van der Waals surface area contributed by atoms with Crippen LogP contribution in [-0.4, -0.2) is 12.4 Å². The molecule has 0 N–H and O–H groups in total. The number of rotatable bonds is 7. The van der Waals surface area contributed by atoms with Crippen molar-refractivity contribution in [2.75, 3.05) is 12.4 Å². The predicted molar refractivity (Wildman–Crippen MR) is 89.4 cm³/mol. The first-order valence-electron chi connectivity index (χ1n) is 6.61. The van der Waals surface area contributed by atoms with Crippen molar-refractivity contribution in [2.24, 2.45) is 0 Å². The molecule has 0 bridgehead atoms. The maximum Gasteiger partial charge on any atom is 0.0966 e. The quantitative estimate of drug-likeness (QED) is 0.517. The highest BCUT2D eigenvalue weighted by molar-refractivity contribution is 8.02. The van der Waals surface area contributed by atoms with E-state index in [0.29, 0.717) is 6.61 Å². The van der Waals surface area contributed by atoms with Crippen molar-refractivity contribution in [1.29, 1.82) is 0 Å². The summed E-state index contributed by atoms with van der Waals surface area (Å²) in [4.78, 5) is 0. The van der Waals surface area contributed by atoms with Gasteiger partial charge in [0, 0.05) is 5.75 Å². The van der Waals surface area contributed by atoms with E-state index >= 15 is 0 Å². The summed E-state index contributed by atoms with van der Waals surface area (Å²) in [7, 11) is 0. The van der Waals surface area contributed by atoms with Crippen LogP contribution in [0.5, 0.6) is 0 Å². The molecule has 102 valence electrons. The van der Waals surface area contributed by atoms with Crippen LogP contribution >= 0.6 is 11.8 Å². The molecule has 0 aliphatic carbocycles. The van der Waals surface area contributed by atoms with Crippen LogP contribution in [0.4, 0.5) is 0 Å². The first-order valence-corrected chi connectivity index (χ1v) is 7.66. The van der Waals surface area contributed by atoms with Gasteiger partial charge in [0.05, 0.1) is 12.9 Å². The summed E-state index contributed by atoms with van der Waals surface area (Å²) in [5, 5.41) is 2.11. The fraction of sp³-hybridized carbons (Fsp3) is 0.111. The lowest BCUT2D eigenvalue weighted by atomic mass is 10.2. The molecule has 0 atom stereocenters. The highest BCUT2D eigenvalue weighted by atomic mass is 32.2. The van der Waals surface area contributed by atoms with Crippen molar-refractivity contribution in [3.8, 4) is 0 Å². The van der Waals surface area contributed by atoms with Gasteiger partial charge in [-0.2, -0.15) is 0 Å². The third kappa shape index (κ3) is 5.81. The molecule has 20 heavy (non-hydrogen) atoms. The van der Waals surface area contributed by atoms with Gasteiger partial charge in [0.1, 0.15) is 0 Å². The van der Waals surface area contributed by atoms with Crippen LogP contribution in [0.1, 0.15) is 11.1 Å². The molecule has 0 saturated heterocycles. The molecule has 2 heteroatoms. The van der Waals surface area contributed by atoms with E-state index in [-0.39, 0.29) is 0 Å². The van der Waals surface area contributed by atoms with Gasteiger partial charge < -0.3 is 4.74 Å². The smallest absolute Gasteiger partial charge is 0.0966 e. The normalized spacial score (nSPS) is 11.2. The zero-order chi connectivity index (χ0) is 13.9. The second-order valence-corrected chi connectivity index (χ2v) is 5.18. The molecule has 0 fully saturated rings. The Morgan fingerprint density at radius 2 is 1.40 bits per heavy atom. The van der Waals surface area contributed by atoms with Gasteiger partial charge in [-0.3, -0.25) is 0 Å². The first kappa shape index (κ1) is 14.5. The number of hydrogen-bond donors (Lipinski definition) is 0. The van der Waals surface area contributed by atoms with E-state index in [4.69, 9.17) is 4.74 Å². The van der Waals surface area contributed by atoms with E-state index in [1.807, 2.05) is 42.5 Å². The Morgan fingerprint density at radius 3 is 2.05 bits per heavy atom. The number of ether oxygens (including phenoxy) is 1. The number of thioether (sulfide) groups is 1. The third-order valence-corrected chi connectivity index (χ3v) is 3.36. The maximum atomic E-state index is 5.45. The second kappa shape index (κ2) is 9.05. The van der Waals surface area contributed by atoms with Gasteiger partial charge >= 0.3 is 0 Å². The summed E-state index contributed by atoms with van der Waals surface area (Å²) in [6, 6.07) is 20.4. The van der Waals surface area contributed by atoms with E-state index in [1.165, 1.54) is 5.56 Å². The monoisotopic (exact) mass is 282 g/mol. The Hall–Kier alpha value is -1.93. The van der Waals surface area contributed by atoms with Crippen LogP contribution in [0.15, 0.2) is 72.3 Å². The largest absolute Gasteiger partial charge is 0.500 e. The lowest BCUT2D eigenvalue weighted by Crippen LogP contribution is -1.89. The van der Waals surface area contributed by atoms with Gasteiger partial charge in [0.25, 0.3) is 0 Å². The summed E-state index contributed by atoms with van der Waals surface area (Å²) >= 11 is 1.75. The summed E-state index contributed by atoms with van der Waals surface area (Å²) in [5.74, 6) is 0.947. The van der Waals surface area contributed by atoms with Crippen LogP contribution < -0.4 is 0 Å². The van der Waals surface area contributed by atoms with Crippen molar-refractivity contribution in [3.63, 3.8) is 0 Å². The maximum absolute atomic E-state index is 5.45. The zero-order valence-corrected chi connectivity index (χ0v) is 12.1. The minimum absolute atomic E-state index is 0.715. The molecule has 0 saturated carbocycles. The molecule has 0 unspecified atom stereocenters. The molecule has 0 aromatic heterocycles. The van der Waals surface area contributed by atoms with Gasteiger partial charge in [-0.1, -0.05) is 60.7 Å². The second-order valence-electron chi connectivity index (χ2n) is 4.17. The fourth-order valence-corrected chi connectivity index (χ4v) is 2.20. The molecule has 0 aliphatic rings. The highest BCUT2D eigenvalue weighted by Gasteiger charge is 1.86. The topological polar surface area (TPSA) is 9.23 Å². The van der Waals surface area contributed by atoms with Crippen molar-refractivity contribution in [3.05, 3.63) is 83.5 Å². The summed E-state index contributed by atoms with van der Waals surface area (Å²) < 4.78 is 5.45. The van der Waals surface area contributed by atoms with Crippen LogP contribution in [0, 0.1) is 0 Å². The van der Waals surface area contributed by atoms with E-state index in [2.05, 4.69) is 35.7 Å². The van der Waals surface area contributed by atoms with Crippen LogP contribution in [0.3, 0.4) is 0 Å². The SMILES string of the molecule is C(=C\c1ccccc1)/OCCS/C=C/c1ccccc1. The van der Waals surface area contributed by atoms with E-state index in [9.17, 15) is 0 Å². The van der Waals surface area contributed by atoms with Crippen molar-refractivity contribution in [1.82, 2.24) is 0 Å². The summed E-state index contributed by atoms with van der Waals surface area (Å²) in [5.41, 5.74) is 2.38. The molecular formula is C18H18OS. The van der Waals surface area contributed by atoms with Crippen LogP contribution in [0.2, 0.25) is 0 Å². The minimum Gasteiger partial charge on any atom is -0.500 e. The van der Waals surface area contributed by atoms with Crippen molar-refractivity contribution >= 4 is 23.9 Å². The number of hydrogen-bond acceptors (Lipinski definition) is 2. The average Bonchev–Trinajstić information content (AvgIpc) is 2.52. The Morgan fingerprint density at radius 1 is 0.800 bits per heavy atom. The van der Waals surface area contributed by atoms with E-state index in [1.54, 1.807) is 18.0 Å². The molecular weight excluding hydrogens is 264 g/mol. The van der Waals surface area contributed by atoms with Crippen molar-refractivity contribution in [2.45, 2.75) is 0 Å². The van der Waals surface area contributed by atoms with E-state index in [0.717, 1.165) is 11.3 Å². The average molecular weight is 282 g/mol. The molecule has 0 spiro atoms. The molecule has 0 aliphatic heterocycles. The van der Waals surface area contributed by atoms with Crippen LogP contribution in [0.25, 0.3) is 12.2 Å². The molecule has 0 heterocycles. The van der Waals surface area contributed by atoms with Gasteiger partial charge in [-0.05, 0) is 28.7 Å². The first-order chi connectivity index (χ1) is 9.95. The predicted octanol–water partition coefficient (Wildman–Crippen LogP) is 5.08. The van der Waals surface area contributed by atoms with Gasteiger partial charge in [0.15, 0.2) is 0 Å². The van der Waals surface area contributed by atoms with E-state index < -0.39 is 0 Å². The Labute approximate surface area is 125 Å². The minimum atomic E-state index is 0.715. The molecule has 1 nitrogen and oxygen atoms in total. The zero-order valence-electron chi connectivity index (χ0n) is 11.3. The van der Waals surface area contributed by atoms with Crippen LogP contribution in [-0.2, 0) is 4.74 Å². The van der Waals surface area contributed by atoms with Gasteiger partial charge in [-0.25, -0.2) is 0 Å². The van der Waals surface area contributed by atoms with Gasteiger partial charge in [-0.15, -0.1) is 11.8 Å². The lowest BCUT2D eigenvalue weighted by Gasteiger charge is -1.98. The third-order valence-electron chi connectivity index (χ3n) is 2.63. The molecule has 0 amide bonds. The summed E-state index contributed by atoms with van der Waals surface area (Å²) in [6.07, 6.45) is 5.85. The standard InChI is InChI=1S/C18H18OS/c1-3-7-17(8-4-1)11-13-19-14-16-20-15-12-18-9-5-2-6-10-18/h1-13,15H,14,16H2/b13-11+,15-12+. The Bertz CT molecular complexity index is 480. The number of benzene rings is 2. The molecule has 2 rings (SSSR count). The summed E-state index contributed by atoms with van der Waals surface area (Å²) in [6.45, 7) is 0.715. The molecule has 2 aromatic carbocycles. The Balaban J connectivity index is 1.58. The fourth-order valence-electron chi connectivity index (χ4n) is 1.61. The molecule has 2 aromatic rings. The van der Waals surface area contributed by atoms with Crippen molar-refractivity contribution < 1.29 is 4.74 Å². The molecule has 0 radical (unpaired) electrons. The lowest BCUT2D eigenvalue weighted by molar-refractivity contribution is 0.275. The highest BCUT2D eigenvalue weighted by Crippen LogP contribution is 2.08. The Kier molecular flexibility index (Phi) is 6.55. The van der Waals surface area contributed by atoms with Gasteiger partial charge in [0.2, 0.25) is 0 Å².